The molecule has 0 spiro atoms. The zero-order valence-electron chi connectivity index (χ0n) is 12.9. The van der Waals surface area contributed by atoms with Crippen LogP contribution in [0.5, 0.6) is 0 Å². The summed E-state index contributed by atoms with van der Waals surface area (Å²) in [5, 5.41) is 12.5. The third kappa shape index (κ3) is 2.23. The van der Waals surface area contributed by atoms with Gasteiger partial charge in [-0.3, -0.25) is 18.7 Å². The first-order valence-corrected chi connectivity index (χ1v) is 7.50. The molecular formula is C16H13ClN4O3. The number of nitrogens with one attached hydrogen (secondary N) is 1. The lowest BCUT2D eigenvalue weighted by atomic mass is 9.79. The normalized spacial score (nSPS) is 19.3. The van der Waals surface area contributed by atoms with Gasteiger partial charge in [0.2, 0.25) is 5.91 Å². The summed E-state index contributed by atoms with van der Waals surface area (Å²) >= 11 is 5.90. The van der Waals surface area contributed by atoms with Crippen molar-refractivity contribution < 1.29 is 4.79 Å². The fraction of sp³-hybridized carbons (Fsp3) is 0.250. The van der Waals surface area contributed by atoms with Gasteiger partial charge in [-0.2, -0.15) is 5.26 Å². The summed E-state index contributed by atoms with van der Waals surface area (Å²) < 4.78 is 2.17. The van der Waals surface area contributed by atoms with E-state index in [1.807, 2.05) is 6.07 Å². The summed E-state index contributed by atoms with van der Waals surface area (Å²) in [6, 6.07) is 8.56. The summed E-state index contributed by atoms with van der Waals surface area (Å²) in [5.74, 6) is -2.28. The Labute approximate surface area is 141 Å². The molecule has 0 saturated heterocycles. The first-order valence-electron chi connectivity index (χ1n) is 7.12. The number of benzene rings is 1. The topological polar surface area (TPSA) is 96.9 Å². The van der Waals surface area contributed by atoms with Crippen molar-refractivity contribution in [2.75, 3.05) is 5.32 Å². The zero-order valence-corrected chi connectivity index (χ0v) is 13.7. The van der Waals surface area contributed by atoms with E-state index < -0.39 is 29.0 Å². The van der Waals surface area contributed by atoms with Crippen LogP contribution in [0, 0.1) is 17.2 Å². The number of carbonyl (C=O) groups is 1. The van der Waals surface area contributed by atoms with Gasteiger partial charge in [-0.1, -0.05) is 23.7 Å². The smallest absolute Gasteiger partial charge is 0.310 e. The Bertz CT molecular complexity index is 998. The minimum Gasteiger partial charge on any atom is -0.310 e. The third-order valence-corrected chi connectivity index (χ3v) is 4.49. The molecule has 1 aromatic heterocycles. The lowest BCUT2D eigenvalue weighted by Crippen LogP contribution is -2.46. The van der Waals surface area contributed by atoms with Crippen molar-refractivity contribution in [3.05, 3.63) is 61.3 Å². The third-order valence-electron chi connectivity index (χ3n) is 4.24. The highest BCUT2D eigenvalue weighted by Crippen LogP contribution is 2.38. The molecule has 1 amide bonds. The molecular weight excluding hydrogens is 332 g/mol. The Kier molecular flexibility index (Phi) is 3.78. The predicted octanol–water partition coefficient (Wildman–Crippen LogP) is 0.961. The van der Waals surface area contributed by atoms with Gasteiger partial charge in [0.1, 0.15) is 11.7 Å². The molecule has 0 radical (unpaired) electrons. The lowest BCUT2D eigenvalue weighted by Gasteiger charge is -2.30. The van der Waals surface area contributed by atoms with Crippen molar-refractivity contribution in [2.45, 2.75) is 5.92 Å². The van der Waals surface area contributed by atoms with E-state index in [9.17, 15) is 19.6 Å². The van der Waals surface area contributed by atoms with Crippen LogP contribution in [-0.2, 0) is 18.9 Å². The molecule has 2 atom stereocenters. The van der Waals surface area contributed by atoms with Crippen LogP contribution in [0.2, 0.25) is 5.02 Å². The van der Waals surface area contributed by atoms with Crippen LogP contribution in [0.3, 0.4) is 0 Å². The van der Waals surface area contributed by atoms with Crippen molar-refractivity contribution in [2.24, 2.45) is 20.0 Å². The van der Waals surface area contributed by atoms with E-state index in [0.717, 1.165) is 4.57 Å². The van der Waals surface area contributed by atoms with Crippen molar-refractivity contribution in [3.8, 4) is 6.07 Å². The van der Waals surface area contributed by atoms with E-state index in [2.05, 4.69) is 5.32 Å². The summed E-state index contributed by atoms with van der Waals surface area (Å²) in [5.41, 5.74) is -0.261. The number of carbonyl (C=O) groups excluding carboxylic acids is 1. The zero-order chi connectivity index (χ0) is 17.6. The number of amides is 1. The highest BCUT2D eigenvalue weighted by atomic mass is 35.5. The molecule has 3 rings (SSSR count). The van der Waals surface area contributed by atoms with Crippen molar-refractivity contribution in [1.82, 2.24) is 9.13 Å². The van der Waals surface area contributed by atoms with Gasteiger partial charge in [0.25, 0.3) is 5.56 Å². The Balaban J connectivity index is 2.38. The minimum atomic E-state index is -1.08. The molecule has 24 heavy (non-hydrogen) atoms. The van der Waals surface area contributed by atoms with Gasteiger partial charge in [0, 0.05) is 25.0 Å². The molecule has 0 unspecified atom stereocenters. The number of rotatable bonds is 1. The molecule has 1 aliphatic heterocycles. The SMILES string of the molecule is Cn1c2c(c(=O)n(C)c1=O)[C@H](c1ccc(Cl)cc1)[C@H](C#N)C(=O)N2. The van der Waals surface area contributed by atoms with Gasteiger partial charge in [-0.05, 0) is 17.7 Å². The summed E-state index contributed by atoms with van der Waals surface area (Å²) in [6.45, 7) is 0. The molecule has 8 heteroatoms. The van der Waals surface area contributed by atoms with Crippen LogP contribution in [0.25, 0.3) is 0 Å². The largest absolute Gasteiger partial charge is 0.332 e. The Morgan fingerprint density at radius 2 is 1.75 bits per heavy atom. The molecule has 122 valence electrons. The number of hydrogen-bond acceptors (Lipinski definition) is 4. The molecule has 0 bridgehead atoms. The van der Waals surface area contributed by atoms with E-state index in [1.165, 1.54) is 18.7 Å². The second kappa shape index (κ2) is 5.65. The van der Waals surface area contributed by atoms with Gasteiger partial charge in [0.05, 0.1) is 11.6 Å². The van der Waals surface area contributed by atoms with Gasteiger partial charge < -0.3 is 5.32 Å². The molecule has 1 N–H and O–H groups in total. The molecule has 1 aromatic carbocycles. The first kappa shape index (κ1) is 16.0. The maximum Gasteiger partial charge on any atom is 0.332 e. The molecule has 1 aliphatic rings. The van der Waals surface area contributed by atoms with Crippen molar-refractivity contribution in [3.63, 3.8) is 0 Å². The van der Waals surface area contributed by atoms with Crippen molar-refractivity contribution in [1.29, 1.82) is 5.26 Å². The Morgan fingerprint density at radius 1 is 1.12 bits per heavy atom. The van der Waals surface area contributed by atoms with E-state index >= 15 is 0 Å². The summed E-state index contributed by atoms with van der Waals surface area (Å²) in [4.78, 5) is 37.1. The van der Waals surface area contributed by atoms with E-state index in [4.69, 9.17) is 11.6 Å². The average Bonchev–Trinajstić information content (AvgIpc) is 2.57. The number of fused-ring (bicyclic) bond motifs is 1. The number of nitrogens with zero attached hydrogens (tertiary/aromatic N) is 3. The van der Waals surface area contributed by atoms with Gasteiger partial charge >= 0.3 is 5.69 Å². The highest BCUT2D eigenvalue weighted by molar-refractivity contribution is 6.30. The predicted molar refractivity (Wildman–Crippen MR) is 88.0 cm³/mol. The number of halogens is 1. The molecule has 0 fully saturated rings. The molecule has 2 aromatic rings. The fourth-order valence-corrected chi connectivity index (χ4v) is 3.10. The number of nitriles is 1. The highest BCUT2D eigenvalue weighted by Gasteiger charge is 2.40. The number of anilines is 1. The Hall–Kier alpha value is -2.85. The van der Waals surface area contributed by atoms with Crippen LogP contribution < -0.4 is 16.6 Å². The fourth-order valence-electron chi connectivity index (χ4n) is 2.98. The lowest BCUT2D eigenvalue weighted by molar-refractivity contribution is -0.119. The van der Waals surface area contributed by atoms with E-state index in [-0.39, 0.29) is 11.4 Å². The molecule has 0 saturated carbocycles. The number of hydrogen-bond donors (Lipinski definition) is 1. The van der Waals surface area contributed by atoms with Crippen LogP contribution in [0.4, 0.5) is 5.82 Å². The van der Waals surface area contributed by atoms with Crippen molar-refractivity contribution >= 4 is 23.3 Å². The van der Waals surface area contributed by atoms with Gasteiger partial charge in [0.15, 0.2) is 0 Å². The number of aromatic nitrogens is 2. The average molecular weight is 345 g/mol. The maximum absolute atomic E-state index is 12.7. The second-order valence-corrected chi connectivity index (χ2v) is 6.03. The van der Waals surface area contributed by atoms with Gasteiger partial charge in [-0.25, -0.2) is 4.79 Å². The van der Waals surface area contributed by atoms with Gasteiger partial charge in [-0.15, -0.1) is 0 Å². The van der Waals surface area contributed by atoms with Crippen LogP contribution in [0.1, 0.15) is 17.0 Å². The van der Waals surface area contributed by atoms with Crippen LogP contribution >= 0.6 is 11.6 Å². The van der Waals surface area contributed by atoms with Crippen LogP contribution in [-0.4, -0.2) is 15.0 Å². The van der Waals surface area contributed by atoms with E-state index in [1.54, 1.807) is 24.3 Å². The Morgan fingerprint density at radius 3 is 2.33 bits per heavy atom. The maximum atomic E-state index is 12.7. The van der Waals surface area contributed by atoms with Crippen LogP contribution in [0.15, 0.2) is 33.9 Å². The quantitative estimate of drug-likeness (QED) is 0.833. The molecule has 2 heterocycles. The standard InChI is InChI=1S/C16H13ClN4O3/c1-20-13-12(15(23)21(2)16(20)24)11(10(7-18)14(22)19-13)8-3-5-9(17)6-4-8/h3-6,10-11H,1-2H3,(H,19,22)/t10-,11+/m0/s1. The summed E-state index contributed by atoms with van der Waals surface area (Å²) in [6.07, 6.45) is 0. The first-order chi connectivity index (χ1) is 11.4. The summed E-state index contributed by atoms with van der Waals surface area (Å²) in [7, 11) is 2.83. The second-order valence-electron chi connectivity index (χ2n) is 5.59. The molecule has 0 aliphatic carbocycles. The minimum absolute atomic E-state index is 0.125. The van der Waals surface area contributed by atoms with E-state index in [0.29, 0.717) is 10.6 Å². The molecule has 7 nitrogen and oxygen atoms in total. The monoisotopic (exact) mass is 344 g/mol.